The maximum absolute atomic E-state index is 11.7. The number of ether oxygens (including phenoxy) is 2. The first kappa shape index (κ1) is 15.8. The van der Waals surface area contributed by atoms with Crippen LogP contribution < -0.4 is 10.6 Å². The minimum Gasteiger partial charge on any atom is -0.432 e. The summed E-state index contributed by atoms with van der Waals surface area (Å²) in [7, 11) is 0. The molecule has 0 aromatic rings. The second kappa shape index (κ2) is 5.42. The Morgan fingerprint density at radius 2 is 2.00 bits per heavy atom. The van der Waals surface area contributed by atoms with Crippen molar-refractivity contribution in [3.05, 3.63) is 0 Å². The van der Waals surface area contributed by atoms with Crippen molar-refractivity contribution in [1.82, 2.24) is 10.6 Å². The second-order valence-electron chi connectivity index (χ2n) is 5.88. The Balaban J connectivity index is 2.44. The summed E-state index contributed by atoms with van der Waals surface area (Å²) in [5.41, 5.74) is -0.241. The number of cyclic esters (lactones) is 1. The van der Waals surface area contributed by atoms with Crippen LogP contribution in [-0.4, -0.2) is 34.4 Å². The van der Waals surface area contributed by atoms with Crippen LogP contribution in [0.1, 0.15) is 41.0 Å². The first-order valence-corrected chi connectivity index (χ1v) is 6.42. The average molecular weight is 288 g/mol. The molecule has 0 aromatic carbocycles. The van der Waals surface area contributed by atoms with E-state index in [0.717, 1.165) is 0 Å². The molecule has 0 aromatic heterocycles. The number of hydrogen-bond donors (Lipinski definition) is 2. The van der Waals surface area contributed by atoms with E-state index in [0.29, 0.717) is 0 Å². The molecule has 0 aliphatic carbocycles. The molecule has 0 saturated carbocycles. The lowest BCUT2D eigenvalue weighted by Crippen LogP contribution is -2.48. The van der Waals surface area contributed by atoms with Crippen molar-refractivity contribution in [2.45, 2.75) is 58.5 Å². The van der Waals surface area contributed by atoms with E-state index in [4.69, 9.17) is 21.7 Å². The van der Waals surface area contributed by atoms with Gasteiger partial charge in [-0.25, -0.2) is 4.79 Å². The molecule has 19 heavy (non-hydrogen) atoms. The molecule has 0 bridgehead atoms. The molecule has 1 amide bonds. The predicted octanol–water partition coefficient (Wildman–Crippen LogP) is 0.844. The monoisotopic (exact) mass is 288 g/mol. The van der Waals surface area contributed by atoms with Gasteiger partial charge in [-0.05, 0) is 33.0 Å². The number of esters is 1. The molecule has 1 fully saturated rings. The molecule has 0 unspecified atom stereocenters. The van der Waals surface area contributed by atoms with Crippen LogP contribution >= 0.6 is 12.2 Å². The summed E-state index contributed by atoms with van der Waals surface area (Å²) in [6.45, 7) is 9.01. The highest BCUT2D eigenvalue weighted by atomic mass is 32.1. The Hall–Kier alpha value is -1.21. The Morgan fingerprint density at radius 1 is 1.42 bits per heavy atom. The normalized spacial score (nSPS) is 21.7. The molecular formula is C12H20N2O4S. The largest absolute Gasteiger partial charge is 0.432 e. The topological polar surface area (TPSA) is 76.7 Å². The number of carbonyl (C=O) groups is 2. The first-order valence-electron chi connectivity index (χ1n) is 6.01. The number of carbonyl (C=O) groups excluding carboxylic acids is 2. The van der Waals surface area contributed by atoms with Crippen molar-refractivity contribution in [3.8, 4) is 0 Å². The van der Waals surface area contributed by atoms with Crippen molar-refractivity contribution in [1.29, 1.82) is 0 Å². The molecule has 6 nitrogen and oxygen atoms in total. The zero-order valence-electron chi connectivity index (χ0n) is 11.8. The zero-order valence-corrected chi connectivity index (χ0v) is 12.6. The van der Waals surface area contributed by atoms with Crippen LogP contribution in [-0.2, 0) is 19.1 Å². The molecule has 1 aliphatic rings. The lowest BCUT2D eigenvalue weighted by atomic mass is 10.1. The Morgan fingerprint density at radius 3 is 2.42 bits per heavy atom. The number of rotatable bonds is 2. The fraction of sp³-hybridized carbons (Fsp3) is 0.750. The second-order valence-corrected chi connectivity index (χ2v) is 6.29. The summed E-state index contributed by atoms with van der Waals surface area (Å²) in [5, 5.41) is 5.67. The van der Waals surface area contributed by atoms with Crippen molar-refractivity contribution in [2.24, 2.45) is 0 Å². The molecule has 108 valence electrons. The number of amides is 1. The molecule has 2 N–H and O–H groups in total. The van der Waals surface area contributed by atoms with E-state index in [1.54, 1.807) is 13.8 Å². The van der Waals surface area contributed by atoms with Crippen LogP contribution in [0.25, 0.3) is 0 Å². The Labute approximate surface area is 118 Å². The molecule has 7 heteroatoms. The van der Waals surface area contributed by atoms with E-state index in [-0.39, 0.29) is 23.0 Å². The van der Waals surface area contributed by atoms with Gasteiger partial charge in [0.05, 0.1) is 6.42 Å². The van der Waals surface area contributed by atoms with Crippen LogP contribution in [0.5, 0.6) is 0 Å². The summed E-state index contributed by atoms with van der Waals surface area (Å²) in [6, 6.07) is 0. The third-order valence-electron chi connectivity index (χ3n) is 2.15. The van der Waals surface area contributed by atoms with Crippen molar-refractivity contribution in [2.75, 3.05) is 0 Å². The van der Waals surface area contributed by atoms with Gasteiger partial charge in [0.25, 0.3) is 0 Å². The Bertz CT molecular complexity index is 401. The standard InChI is InChI=1S/C12H20N2O4S/c1-11(2,3)14-10(19)13-8(15)6-7-9(16)18-12(4,5)17-7/h7H,6H2,1-5H3,(H2,13,14,15,19)/t7-/m1/s1. The average Bonchev–Trinajstić information content (AvgIpc) is 2.34. The molecular weight excluding hydrogens is 268 g/mol. The molecule has 1 saturated heterocycles. The number of nitrogens with one attached hydrogen (secondary N) is 2. The molecule has 0 spiro atoms. The summed E-state index contributed by atoms with van der Waals surface area (Å²) in [6.07, 6.45) is -0.999. The number of thiocarbonyl (C=S) groups is 1. The van der Waals surface area contributed by atoms with Gasteiger partial charge < -0.3 is 20.1 Å². The van der Waals surface area contributed by atoms with Gasteiger partial charge in [0.2, 0.25) is 11.7 Å². The highest BCUT2D eigenvalue weighted by molar-refractivity contribution is 7.80. The van der Waals surface area contributed by atoms with E-state index in [2.05, 4.69) is 10.6 Å². The van der Waals surface area contributed by atoms with Gasteiger partial charge in [-0.1, -0.05) is 0 Å². The van der Waals surface area contributed by atoms with Crippen LogP contribution in [0.3, 0.4) is 0 Å². The third-order valence-corrected chi connectivity index (χ3v) is 2.35. The van der Waals surface area contributed by atoms with Gasteiger partial charge in [-0.2, -0.15) is 0 Å². The van der Waals surface area contributed by atoms with Gasteiger partial charge in [0.15, 0.2) is 11.2 Å². The zero-order chi connectivity index (χ0) is 14.8. The summed E-state index contributed by atoms with van der Waals surface area (Å²) >= 11 is 4.99. The van der Waals surface area contributed by atoms with Crippen molar-refractivity contribution >= 4 is 29.2 Å². The quantitative estimate of drug-likeness (QED) is 0.579. The fourth-order valence-electron chi connectivity index (χ4n) is 1.57. The predicted molar refractivity (Wildman–Crippen MR) is 73.3 cm³/mol. The minimum absolute atomic E-state index is 0.117. The maximum atomic E-state index is 11.7. The van der Waals surface area contributed by atoms with Gasteiger partial charge >= 0.3 is 5.97 Å². The number of hydrogen-bond acceptors (Lipinski definition) is 5. The van der Waals surface area contributed by atoms with Crippen molar-refractivity contribution < 1.29 is 19.1 Å². The first-order chi connectivity index (χ1) is 8.48. The lowest BCUT2D eigenvalue weighted by molar-refractivity contribution is -0.160. The van der Waals surface area contributed by atoms with E-state index >= 15 is 0 Å². The van der Waals surface area contributed by atoms with E-state index in [1.165, 1.54) is 0 Å². The molecule has 1 atom stereocenters. The SMILES string of the molecule is CC(C)(C)NC(=S)NC(=O)C[C@H]1OC(C)(C)OC1=O. The molecule has 1 heterocycles. The van der Waals surface area contributed by atoms with Crippen molar-refractivity contribution in [3.63, 3.8) is 0 Å². The van der Waals surface area contributed by atoms with Gasteiger partial charge in [0, 0.05) is 19.4 Å². The van der Waals surface area contributed by atoms with Gasteiger partial charge in [0.1, 0.15) is 0 Å². The summed E-state index contributed by atoms with van der Waals surface area (Å²) in [5.74, 6) is -1.90. The molecule has 1 rings (SSSR count). The summed E-state index contributed by atoms with van der Waals surface area (Å²) in [4.78, 5) is 23.2. The smallest absolute Gasteiger partial charge is 0.338 e. The fourth-order valence-corrected chi connectivity index (χ4v) is 1.99. The van der Waals surface area contributed by atoms with Crippen LogP contribution in [0.15, 0.2) is 0 Å². The van der Waals surface area contributed by atoms with E-state index in [9.17, 15) is 9.59 Å². The third kappa shape index (κ3) is 5.52. The van der Waals surface area contributed by atoms with E-state index in [1.807, 2.05) is 20.8 Å². The highest BCUT2D eigenvalue weighted by Crippen LogP contribution is 2.25. The van der Waals surface area contributed by atoms with E-state index < -0.39 is 17.9 Å². The van der Waals surface area contributed by atoms with Gasteiger partial charge in [-0.3, -0.25) is 4.79 Å². The molecule has 1 aliphatic heterocycles. The highest BCUT2D eigenvalue weighted by Gasteiger charge is 2.41. The lowest BCUT2D eigenvalue weighted by Gasteiger charge is -2.22. The molecule has 0 radical (unpaired) electrons. The summed E-state index contributed by atoms with van der Waals surface area (Å²) < 4.78 is 10.3. The van der Waals surface area contributed by atoms with Crippen LogP contribution in [0.4, 0.5) is 0 Å². The maximum Gasteiger partial charge on any atom is 0.338 e. The Kier molecular flexibility index (Phi) is 4.52. The minimum atomic E-state index is -0.980. The van der Waals surface area contributed by atoms with Crippen LogP contribution in [0.2, 0.25) is 0 Å². The van der Waals surface area contributed by atoms with Crippen LogP contribution in [0, 0.1) is 0 Å². The van der Waals surface area contributed by atoms with Gasteiger partial charge in [-0.15, -0.1) is 0 Å².